The summed E-state index contributed by atoms with van der Waals surface area (Å²) < 4.78 is 60.8. The normalized spacial score (nSPS) is 18.6. The van der Waals surface area contributed by atoms with E-state index in [9.17, 15) is 22.0 Å². The fraction of sp³-hybridized carbons (Fsp3) is 0.278. The van der Waals surface area contributed by atoms with Gasteiger partial charge in [-0.2, -0.15) is 0 Å². The van der Waals surface area contributed by atoms with Crippen LogP contribution in [0.15, 0.2) is 45.8 Å². The maximum atomic E-state index is 14.2. The van der Waals surface area contributed by atoms with Crippen molar-refractivity contribution in [3.8, 4) is 5.75 Å². The van der Waals surface area contributed by atoms with Gasteiger partial charge in [0.2, 0.25) is 0 Å². The van der Waals surface area contributed by atoms with Crippen LogP contribution in [0, 0.1) is 17.6 Å². The lowest BCUT2D eigenvalue weighted by Gasteiger charge is -2.30. The van der Waals surface area contributed by atoms with Gasteiger partial charge >= 0.3 is 0 Å². The van der Waals surface area contributed by atoms with Gasteiger partial charge in [0.1, 0.15) is 28.9 Å². The van der Waals surface area contributed by atoms with E-state index in [-0.39, 0.29) is 23.2 Å². The number of rotatable bonds is 2. The van der Waals surface area contributed by atoms with Gasteiger partial charge in [-0.3, -0.25) is 4.79 Å². The van der Waals surface area contributed by atoms with E-state index < -0.39 is 39.2 Å². The molecule has 0 saturated carbocycles. The number of benzene rings is 2. The summed E-state index contributed by atoms with van der Waals surface area (Å²) in [7, 11) is -4.33. The van der Waals surface area contributed by atoms with E-state index in [1.54, 1.807) is 13.8 Å². The standard InChI is InChI=1S/C18H16BrF2NO4S/c1-10(2)15-9-26-16-7-11(19)3-6-17(16)27(24,25)22(15)18(23)13-5-4-12(20)8-14(13)21/h3-8,10,15H,9H2,1-2H3/t15-/m1/s1. The van der Waals surface area contributed by atoms with Crippen molar-refractivity contribution >= 4 is 31.9 Å². The number of hydrogen-bond acceptors (Lipinski definition) is 4. The summed E-state index contributed by atoms with van der Waals surface area (Å²) >= 11 is 3.25. The monoisotopic (exact) mass is 459 g/mol. The molecular formula is C18H16BrF2NO4S. The quantitative estimate of drug-likeness (QED) is 0.681. The van der Waals surface area contributed by atoms with Crippen molar-refractivity contribution in [2.45, 2.75) is 24.8 Å². The zero-order valence-corrected chi connectivity index (χ0v) is 16.9. The minimum Gasteiger partial charge on any atom is -0.490 e. The maximum absolute atomic E-state index is 14.2. The van der Waals surface area contributed by atoms with Crippen molar-refractivity contribution in [1.82, 2.24) is 4.31 Å². The molecule has 1 aliphatic heterocycles. The molecule has 0 aliphatic carbocycles. The highest BCUT2D eigenvalue weighted by Crippen LogP contribution is 2.36. The molecule has 1 aliphatic rings. The summed E-state index contributed by atoms with van der Waals surface area (Å²) in [6.07, 6.45) is 0. The van der Waals surface area contributed by atoms with Gasteiger partial charge in [0.15, 0.2) is 0 Å². The Balaban J connectivity index is 2.19. The third-order valence-corrected chi connectivity index (χ3v) is 6.63. The smallest absolute Gasteiger partial charge is 0.270 e. The van der Waals surface area contributed by atoms with E-state index >= 15 is 0 Å². The maximum Gasteiger partial charge on any atom is 0.270 e. The van der Waals surface area contributed by atoms with Gasteiger partial charge in [0, 0.05) is 10.5 Å². The van der Waals surface area contributed by atoms with E-state index in [4.69, 9.17) is 4.74 Å². The van der Waals surface area contributed by atoms with Gasteiger partial charge in [0.05, 0.1) is 11.6 Å². The SMILES string of the molecule is CC(C)[C@H]1COc2cc(Br)ccc2S(=O)(=O)N1C(=O)c1ccc(F)cc1F. The number of hydrogen-bond donors (Lipinski definition) is 0. The van der Waals surface area contributed by atoms with Crippen LogP contribution in [0.1, 0.15) is 24.2 Å². The average Bonchev–Trinajstić information content (AvgIpc) is 2.68. The zero-order chi connectivity index (χ0) is 19.9. The molecule has 0 N–H and O–H groups in total. The number of halogens is 3. The highest BCUT2D eigenvalue weighted by atomic mass is 79.9. The number of amides is 1. The largest absolute Gasteiger partial charge is 0.490 e. The molecular weight excluding hydrogens is 444 g/mol. The molecule has 0 bridgehead atoms. The predicted octanol–water partition coefficient (Wildman–Crippen LogP) is 3.98. The van der Waals surface area contributed by atoms with Crippen LogP contribution in [-0.4, -0.2) is 31.3 Å². The summed E-state index contributed by atoms with van der Waals surface area (Å²) in [5.41, 5.74) is -0.522. The van der Waals surface area contributed by atoms with Gasteiger partial charge in [-0.25, -0.2) is 21.5 Å². The Labute approximate surface area is 164 Å². The van der Waals surface area contributed by atoms with Gasteiger partial charge in [-0.05, 0) is 36.2 Å². The Morgan fingerprint density at radius 2 is 1.93 bits per heavy atom. The van der Waals surface area contributed by atoms with E-state index in [0.29, 0.717) is 14.8 Å². The first-order valence-electron chi connectivity index (χ1n) is 8.09. The molecule has 0 spiro atoms. The fourth-order valence-electron chi connectivity index (χ4n) is 2.84. The molecule has 1 heterocycles. The molecule has 2 aromatic carbocycles. The Morgan fingerprint density at radius 3 is 2.56 bits per heavy atom. The van der Waals surface area contributed by atoms with Crippen LogP contribution in [0.5, 0.6) is 5.75 Å². The van der Waals surface area contributed by atoms with Crippen molar-refractivity contribution in [3.05, 3.63) is 58.1 Å². The molecule has 0 radical (unpaired) electrons. The molecule has 2 aromatic rings. The van der Waals surface area contributed by atoms with Crippen molar-refractivity contribution in [2.75, 3.05) is 6.61 Å². The third kappa shape index (κ3) is 3.58. The second kappa shape index (κ2) is 7.20. The first kappa shape index (κ1) is 19.8. The first-order chi connectivity index (χ1) is 12.6. The molecule has 0 saturated heterocycles. The average molecular weight is 460 g/mol. The van der Waals surface area contributed by atoms with Crippen LogP contribution in [0.25, 0.3) is 0 Å². The van der Waals surface area contributed by atoms with Gasteiger partial charge in [-0.1, -0.05) is 29.8 Å². The van der Waals surface area contributed by atoms with Crippen molar-refractivity contribution in [1.29, 1.82) is 0 Å². The van der Waals surface area contributed by atoms with E-state index in [2.05, 4.69) is 15.9 Å². The van der Waals surface area contributed by atoms with Gasteiger partial charge in [-0.15, -0.1) is 0 Å². The van der Waals surface area contributed by atoms with E-state index in [0.717, 1.165) is 12.1 Å². The Hall–Kier alpha value is -2.00. The van der Waals surface area contributed by atoms with E-state index in [1.165, 1.54) is 18.2 Å². The Morgan fingerprint density at radius 1 is 1.22 bits per heavy atom. The summed E-state index contributed by atoms with van der Waals surface area (Å²) in [5.74, 6) is -3.25. The van der Waals surface area contributed by atoms with Crippen LogP contribution < -0.4 is 4.74 Å². The number of sulfonamides is 1. The second-order valence-electron chi connectivity index (χ2n) is 6.44. The lowest BCUT2D eigenvalue weighted by molar-refractivity contribution is 0.0747. The van der Waals surface area contributed by atoms with Gasteiger partial charge < -0.3 is 4.74 Å². The molecule has 0 unspecified atom stereocenters. The molecule has 5 nitrogen and oxygen atoms in total. The number of ether oxygens (including phenoxy) is 1. The molecule has 27 heavy (non-hydrogen) atoms. The first-order valence-corrected chi connectivity index (χ1v) is 10.3. The highest BCUT2D eigenvalue weighted by molar-refractivity contribution is 9.10. The zero-order valence-electron chi connectivity index (χ0n) is 14.4. The molecule has 144 valence electrons. The second-order valence-corrected chi connectivity index (χ2v) is 9.14. The van der Waals surface area contributed by atoms with Crippen LogP contribution in [0.2, 0.25) is 0 Å². The number of fused-ring (bicyclic) bond motifs is 1. The Bertz CT molecular complexity index is 1010. The fourth-order valence-corrected chi connectivity index (χ4v) is 4.98. The minimum absolute atomic E-state index is 0.0884. The molecule has 1 amide bonds. The lowest BCUT2D eigenvalue weighted by atomic mass is 10.0. The summed E-state index contributed by atoms with van der Waals surface area (Å²) in [5, 5.41) is 0. The Kier molecular flexibility index (Phi) is 5.27. The van der Waals surface area contributed by atoms with Crippen LogP contribution in [-0.2, 0) is 10.0 Å². The van der Waals surface area contributed by atoms with Crippen molar-refractivity contribution in [3.63, 3.8) is 0 Å². The number of carbonyl (C=O) groups is 1. The summed E-state index contributed by atoms with van der Waals surface area (Å²) in [6.45, 7) is 3.38. The predicted molar refractivity (Wildman–Crippen MR) is 98.0 cm³/mol. The van der Waals surface area contributed by atoms with E-state index in [1.807, 2.05) is 0 Å². The van der Waals surface area contributed by atoms with Crippen molar-refractivity contribution in [2.24, 2.45) is 5.92 Å². The van der Waals surface area contributed by atoms with Crippen molar-refractivity contribution < 1.29 is 26.7 Å². The van der Waals surface area contributed by atoms with Crippen LogP contribution in [0.4, 0.5) is 8.78 Å². The molecule has 0 fully saturated rings. The highest BCUT2D eigenvalue weighted by Gasteiger charge is 2.42. The topological polar surface area (TPSA) is 63.7 Å². The molecule has 9 heteroatoms. The number of carbonyl (C=O) groups excluding carboxylic acids is 1. The lowest BCUT2D eigenvalue weighted by Crippen LogP contribution is -2.48. The molecule has 3 rings (SSSR count). The van der Waals surface area contributed by atoms with Gasteiger partial charge in [0.25, 0.3) is 15.9 Å². The van der Waals surface area contributed by atoms with Crippen LogP contribution in [0.3, 0.4) is 0 Å². The van der Waals surface area contributed by atoms with Crippen LogP contribution >= 0.6 is 15.9 Å². The number of nitrogens with zero attached hydrogens (tertiary/aromatic N) is 1. The third-order valence-electron chi connectivity index (χ3n) is 4.28. The molecule has 0 aromatic heterocycles. The summed E-state index contributed by atoms with van der Waals surface area (Å²) in [4.78, 5) is 12.8. The molecule has 1 atom stereocenters. The minimum atomic E-state index is -4.33. The summed E-state index contributed by atoms with van der Waals surface area (Å²) in [6, 6.07) is 5.86.